The van der Waals surface area contributed by atoms with Gasteiger partial charge in [0.2, 0.25) is 12.5 Å². The second-order valence-electron chi connectivity index (χ2n) is 10.2. The molecule has 2 aromatic heterocycles. The zero-order chi connectivity index (χ0) is 27.4. The van der Waals surface area contributed by atoms with Crippen molar-refractivity contribution < 1.29 is 28.4 Å². The van der Waals surface area contributed by atoms with E-state index >= 15 is 0 Å². The number of hydrogen-bond acceptors (Lipinski definition) is 6. The smallest absolute Gasteiger partial charge is 0.270 e. The molecule has 40 heavy (non-hydrogen) atoms. The molecule has 0 unspecified atom stereocenters. The van der Waals surface area contributed by atoms with Gasteiger partial charge in [0.1, 0.15) is 0 Å². The maximum absolute atomic E-state index is 11.4. The Balaban J connectivity index is 1.33. The molecule has 0 atom stereocenters. The fourth-order valence-electron chi connectivity index (χ4n) is 6.20. The summed E-state index contributed by atoms with van der Waals surface area (Å²) in [7, 11) is 3.33. The predicted octanol–water partition coefficient (Wildman–Crippen LogP) is 5.66. The van der Waals surface area contributed by atoms with Gasteiger partial charge in [-0.1, -0.05) is 0 Å². The largest absolute Gasteiger partial charge is 0.493 e. The summed E-state index contributed by atoms with van der Waals surface area (Å²) in [5.41, 5.74) is 6.88. The van der Waals surface area contributed by atoms with Gasteiger partial charge in [-0.05, 0) is 60.7 Å². The average Bonchev–Trinajstić information content (AvgIpc) is 3.60. The maximum atomic E-state index is 11.4. The summed E-state index contributed by atoms with van der Waals surface area (Å²) in [5.74, 6) is 2.98. The summed E-state index contributed by atoms with van der Waals surface area (Å²) >= 11 is 0. The standard InChI is InChI=1S/C31H28N3O6/c1-37-27-9-7-21-22(5-3-4-19-15-32-26-8-6-20(34(35)36)13-23(19)26)30-24-14-29-28(39-17-40-29)12-18(24)10-11-33(30)16-25(21)31(27)38-2/h6-9,12-16,32H,3-5,10-11,17H2,1-2H3/q+1. The molecule has 9 nitrogen and oxygen atoms in total. The first kappa shape index (κ1) is 24.3. The van der Waals surface area contributed by atoms with E-state index in [1.807, 2.05) is 12.3 Å². The minimum atomic E-state index is -0.347. The number of nitrogens with zero attached hydrogens (tertiary/aromatic N) is 2. The molecule has 3 aromatic carbocycles. The van der Waals surface area contributed by atoms with E-state index in [4.69, 9.17) is 18.9 Å². The van der Waals surface area contributed by atoms with Crippen LogP contribution in [0, 0.1) is 10.1 Å². The maximum Gasteiger partial charge on any atom is 0.270 e. The molecule has 1 N–H and O–H groups in total. The number of rotatable bonds is 7. The van der Waals surface area contributed by atoms with Crippen molar-refractivity contribution >= 4 is 27.4 Å². The molecule has 2 aliphatic rings. The highest BCUT2D eigenvalue weighted by Crippen LogP contribution is 2.44. The molecule has 5 aromatic rings. The van der Waals surface area contributed by atoms with Crippen molar-refractivity contribution in [2.45, 2.75) is 32.2 Å². The van der Waals surface area contributed by atoms with Gasteiger partial charge in [-0.25, -0.2) is 0 Å². The summed E-state index contributed by atoms with van der Waals surface area (Å²) in [6.45, 7) is 1.07. The number of hydrogen-bond donors (Lipinski definition) is 1. The lowest BCUT2D eigenvalue weighted by atomic mass is 9.89. The number of H-pyrrole nitrogens is 1. The van der Waals surface area contributed by atoms with Gasteiger partial charge in [0.25, 0.3) is 5.69 Å². The van der Waals surface area contributed by atoms with E-state index in [9.17, 15) is 10.1 Å². The third-order valence-electron chi connectivity index (χ3n) is 8.08. The third-order valence-corrected chi connectivity index (χ3v) is 8.08. The summed E-state index contributed by atoms with van der Waals surface area (Å²) in [6.07, 6.45) is 7.45. The molecule has 0 radical (unpaired) electrons. The molecule has 7 rings (SSSR count). The number of ether oxygens (including phenoxy) is 4. The lowest BCUT2D eigenvalue weighted by Gasteiger charge is -2.21. The minimum absolute atomic E-state index is 0.101. The molecule has 0 spiro atoms. The van der Waals surface area contributed by atoms with Crippen molar-refractivity contribution in [1.29, 1.82) is 0 Å². The number of nitro benzene ring substituents is 1. The Labute approximate surface area is 230 Å². The molecule has 0 fully saturated rings. The van der Waals surface area contributed by atoms with Gasteiger partial charge in [0.15, 0.2) is 35.7 Å². The molecule has 0 bridgehead atoms. The van der Waals surface area contributed by atoms with Crippen LogP contribution in [0.3, 0.4) is 0 Å². The van der Waals surface area contributed by atoms with Crippen LogP contribution in [-0.2, 0) is 25.8 Å². The number of methoxy groups -OCH3 is 2. The molecular weight excluding hydrogens is 510 g/mol. The minimum Gasteiger partial charge on any atom is -0.493 e. The summed E-state index contributed by atoms with van der Waals surface area (Å²) in [4.78, 5) is 14.3. The van der Waals surface area contributed by atoms with Crippen LogP contribution in [0.25, 0.3) is 32.9 Å². The molecule has 0 saturated heterocycles. The number of fused-ring (bicyclic) bond motifs is 6. The van der Waals surface area contributed by atoms with Gasteiger partial charge in [-0.2, -0.15) is 4.57 Å². The van der Waals surface area contributed by atoms with E-state index in [-0.39, 0.29) is 17.4 Å². The summed E-state index contributed by atoms with van der Waals surface area (Å²) in [6, 6.07) is 13.3. The Kier molecular flexibility index (Phi) is 5.73. The monoisotopic (exact) mass is 538 g/mol. The van der Waals surface area contributed by atoms with Crippen LogP contribution in [0.2, 0.25) is 0 Å². The van der Waals surface area contributed by atoms with Gasteiger partial charge in [-0.3, -0.25) is 10.1 Å². The van der Waals surface area contributed by atoms with Crippen LogP contribution in [0.15, 0.2) is 54.9 Å². The zero-order valence-electron chi connectivity index (χ0n) is 22.3. The van der Waals surface area contributed by atoms with Crippen LogP contribution in [-0.4, -0.2) is 30.9 Å². The molecule has 0 saturated carbocycles. The van der Waals surface area contributed by atoms with E-state index in [0.29, 0.717) is 5.75 Å². The highest BCUT2D eigenvalue weighted by Gasteiger charge is 2.32. The van der Waals surface area contributed by atoms with E-state index in [2.05, 4.69) is 33.9 Å². The molecule has 9 heteroatoms. The SMILES string of the molecule is COc1ccc2c(CCCc3c[nH]c4ccc([N+](=O)[O-])cc34)c3[n+](cc2c1OC)CCc1cc2c(cc1-3)OCO2. The van der Waals surface area contributed by atoms with Crippen molar-refractivity contribution in [3.05, 3.63) is 81.7 Å². The van der Waals surface area contributed by atoms with E-state index in [0.717, 1.165) is 82.3 Å². The first-order valence-electron chi connectivity index (χ1n) is 13.3. The van der Waals surface area contributed by atoms with Crippen molar-refractivity contribution in [3.8, 4) is 34.3 Å². The van der Waals surface area contributed by atoms with Crippen molar-refractivity contribution in [2.75, 3.05) is 21.0 Å². The van der Waals surface area contributed by atoms with Crippen LogP contribution >= 0.6 is 0 Å². The fourth-order valence-corrected chi connectivity index (χ4v) is 6.20. The van der Waals surface area contributed by atoms with E-state index in [1.165, 1.54) is 22.9 Å². The Morgan fingerprint density at radius 1 is 1.00 bits per heavy atom. The van der Waals surface area contributed by atoms with Gasteiger partial charge in [0, 0.05) is 46.6 Å². The molecule has 0 amide bonds. The Morgan fingerprint density at radius 3 is 2.65 bits per heavy atom. The first-order chi connectivity index (χ1) is 19.6. The highest BCUT2D eigenvalue weighted by atomic mass is 16.7. The Morgan fingerprint density at radius 2 is 1.85 bits per heavy atom. The number of aromatic nitrogens is 2. The summed E-state index contributed by atoms with van der Waals surface area (Å²) in [5, 5.41) is 14.4. The number of aromatic amines is 1. The Hall–Kier alpha value is -4.79. The van der Waals surface area contributed by atoms with Gasteiger partial charge in [0.05, 0.1) is 30.1 Å². The quantitative estimate of drug-likeness (QED) is 0.163. The van der Waals surface area contributed by atoms with Crippen molar-refractivity contribution in [2.24, 2.45) is 0 Å². The molecule has 2 aliphatic heterocycles. The van der Waals surface area contributed by atoms with Gasteiger partial charge >= 0.3 is 0 Å². The highest BCUT2D eigenvalue weighted by molar-refractivity contribution is 5.95. The number of nitro groups is 1. The number of nitrogens with one attached hydrogen (secondary N) is 1. The molecule has 4 heterocycles. The number of benzene rings is 3. The molecule has 202 valence electrons. The first-order valence-corrected chi connectivity index (χ1v) is 13.3. The van der Waals surface area contributed by atoms with E-state index in [1.54, 1.807) is 26.4 Å². The third kappa shape index (κ3) is 3.80. The summed E-state index contributed by atoms with van der Waals surface area (Å²) < 4.78 is 25.2. The lowest BCUT2D eigenvalue weighted by Crippen LogP contribution is -2.41. The molecular formula is C31H28N3O6+. The predicted molar refractivity (Wildman–Crippen MR) is 149 cm³/mol. The molecule has 0 aliphatic carbocycles. The normalized spacial score (nSPS) is 13.3. The van der Waals surface area contributed by atoms with Crippen molar-refractivity contribution in [3.63, 3.8) is 0 Å². The number of aryl methyl sites for hydroxylation is 4. The lowest BCUT2D eigenvalue weighted by molar-refractivity contribution is -0.686. The van der Waals surface area contributed by atoms with E-state index < -0.39 is 0 Å². The zero-order valence-corrected chi connectivity index (χ0v) is 22.3. The van der Waals surface area contributed by atoms with Crippen LogP contribution in [0.4, 0.5) is 5.69 Å². The topological polar surface area (TPSA) is 99.7 Å². The second-order valence-corrected chi connectivity index (χ2v) is 10.2. The fraction of sp³-hybridized carbons (Fsp3) is 0.258. The van der Waals surface area contributed by atoms with Crippen LogP contribution < -0.4 is 23.5 Å². The van der Waals surface area contributed by atoms with Crippen LogP contribution in [0.1, 0.15) is 23.1 Å². The van der Waals surface area contributed by atoms with Crippen LogP contribution in [0.5, 0.6) is 23.0 Å². The van der Waals surface area contributed by atoms with Gasteiger partial charge < -0.3 is 23.9 Å². The second kappa shape index (κ2) is 9.44. The Bertz CT molecular complexity index is 1830. The average molecular weight is 539 g/mol. The number of non-ortho nitro benzene ring substituents is 1. The van der Waals surface area contributed by atoms with Gasteiger partial charge in [-0.15, -0.1) is 0 Å². The number of pyridine rings is 1. The van der Waals surface area contributed by atoms with Crippen molar-refractivity contribution in [1.82, 2.24) is 4.98 Å².